The number of piperidine rings is 2. The Morgan fingerprint density at radius 2 is 1.90 bits per heavy atom. The predicted molar refractivity (Wildman–Crippen MR) is 83.4 cm³/mol. The fourth-order valence-corrected chi connectivity index (χ4v) is 3.73. The Hall–Kier alpha value is -1.35. The van der Waals surface area contributed by atoms with Gasteiger partial charge in [0.05, 0.1) is 12.2 Å². The van der Waals surface area contributed by atoms with Crippen molar-refractivity contribution in [3.05, 3.63) is 35.4 Å². The van der Waals surface area contributed by atoms with Crippen LogP contribution in [0, 0.1) is 12.8 Å². The van der Waals surface area contributed by atoms with E-state index in [0.29, 0.717) is 24.1 Å². The van der Waals surface area contributed by atoms with Gasteiger partial charge in [-0.05, 0) is 57.8 Å². The minimum absolute atomic E-state index is 0.178. The number of ether oxygens (including phenoxy) is 1. The Labute approximate surface area is 127 Å². The molecule has 114 valence electrons. The second kappa shape index (κ2) is 6.61. The molecule has 2 fully saturated rings. The maximum Gasteiger partial charge on any atom is 0.338 e. The van der Waals surface area contributed by atoms with E-state index >= 15 is 0 Å². The number of esters is 1. The molecule has 2 heterocycles. The Kier molecular flexibility index (Phi) is 4.59. The smallest absolute Gasteiger partial charge is 0.338 e. The van der Waals surface area contributed by atoms with Gasteiger partial charge in [0.25, 0.3) is 0 Å². The normalized spacial score (nSPS) is 26.1. The van der Waals surface area contributed by atoms with Crippen molar-refractivity contribution < 1.29 is 9.53 Å². The predicted octanol–water partition coefficient (Wildman–Crippen LogP) is 3.42. The van der Waals surface area contributed by atoms with Crippen molar-refractivity contribution in [2.75, 3.05) is 19.7 Å². The first-order valence-corrected chi connectivity index (χ1v) is 8.22. The van der Waals surface area contributed by atoms with Crippen LogP contribution in [0.1, 0.15) is 48.0 Å². The molecule has 2 atom stereocenters. The van der Waals surface area contributed by atoms with E-state index in [0.717, 1.165) is 5.56 Å². The molecule has 0 radical (unpaired) electrons. The van der Waals surface area contributed by atoms with E-state index in [1.807, 2.05) is 31.2 Å². The summed E-state index contributed by atoms with van der Waals surface area (Å²) in [6, 6.07) is 8.26. The second-order valence-electron chi connectivity index (χ2n) is 6.47. The van der Waals surface area contributed by atoms with E-state index in [2.05, 4.69) is 4.90 Å². The number of benzene rings is 1. The molecule has 0 spiro atoms. The summed E-state index contributed by atoms with van der Waals surface area (Å²) in [6.45, 7) is 5.06. The third kappa shape index (κ3) is 3.46. The van der Waals surface area contributed by atoms with Crippen molar-refractivity contribution in [1.82, 2.24) is 4.90 Å². The molecule has 1 aromatic carbocycles. The average Bonchev–Trinajstić information content (AvgIpc) is 2.53. The molecule has 2 aliphatic heterocycles. The van der Waals surface area contributed by atoms with E-state index in [9.17, 15) is 4.79 Å². The fourth-order valence-electron chi connectivity index (χ4n) is 3.73. The number of aryl methyl sites for hydroxylation is 1. The van der Waals surface area contributed by atoms with Crippen molar-refractivity contribution in [2.24, 2.45) is 5.92 Å². The number of carbonyl (C=O) groups is 1. The van der Waals surface area contributed by atoms with Gasteiger partial charge < -0.3 is 4.74 Å². The Balaban J connectivity index is 1.56. The van der Waals surface area contributed by atoms with Gasteiger partial charge in [0, 0.05) is 12.0 Å². The highest BCUT2D eigenvalue weighted by atomic mass is 16.5. The lowest BCUT2D eigenvalue weighted by atomic mass is 9.84. The molecular formula is C18H25NO2. The Morgan fingerprint density at radius 1 is 1.14 bits per heavy atom. The van der Waals surface area contributed by atoms with Gasteiger partial charge >= 0.3 is 5.97 Å². The van der Waals surface area contributed by atoms with Gasteiger partial charge in [0.2, 0.25) is 0 Å². The molecule has 2 aliphatic rings. The van der Waals surface area contributed by atoms with Gasteiger partial charge in [0.1, 0.15) is 0 Å². The first kappa shape index (κ1) is 14.6. The first-order valence-electron chi connectivity index (χ1n) is 8.22. The molecule has 21 heavy (non-hydrogen) atoms. The van der Waals surface area contributed by atoms with Crippen LogP contribution in [0.3, 0.4) is 0 Å². The van der Waals surface area contributed by atoms with Crippen molar-refractivity contribution in [3.8, 4) is 0 Å². The van der Waals surface area contributed by atoms with Gasteiger partial charge in [-0.15, -0.1) is 0 Å². The highest BCUT2D eigenvalue weighted by Gasteiger charge is 2.33. The zero-order chi connectivity index (χ0) is 14.7. The van der Waals surface area contributed by atoms with Crippen molar-refractivity contribution >= 4 is 5.97 Å². The highest BCUT2D eigenvalue weighted by molar-refractivity contribution is 5.89. The zero-order valence-corrected chi connectivity index (χ0v) is 12.9. The van der Waals surface area contributed by atoms with Crippen LogP contribution in [0.2, 0.25) is 0 Å². The number of rotatable bonds is 3. The molecule has 3 heteroatoms. The van der Waals surface area contributed by atoms with Crippen molar-refractivity contribution in [2.45, 2.75) is 45.1 Å². The molecule has 0 amide bonds. The summed E-state index contributed by atoms with van der Waals surface area (Å²) in [5.41, 5.74) is 1.83. The zero-order valence-electron chi connectivity index (χ0n) is 12.9. The SMILES string of the molecule is Cc1ccc(C(=O)OC[C@H]2CCCN3CCCC[C@H]23)cc1. The van der Waals surface area contributed by atoms with E-state index in [-0.39, 0.29) is 5.97 Å². The molecule has 2 saturated heterocycles. The van der Waals surface area contributed by atoms with Crippen LogP contribution < -0.4 is 0 Å². The van der Waals surface area contributed by atoms with Crippen LogP contribution in [0.15, 0.2) is 24.3 Å². The number of carbonyl (C=O) groups excluding carboxylic acids is 1. The third-order valence-electron chi connectivity index (χ3n) is 4.94. The van der Waals surface area contributed by atoms with E-state index in [1.165, 1.54) is 45.2 Å². The number of hydrogen-bond acceptors (Lipinski definition) is 3. The summed E-state index contributed by atoms with van der Waals surface area (Å²) in [5, 5.41) is 0. The average molecular weight is 287 g/mol. The van der Waals surface area contributed by atoms with Gasteiger partial charge in [-0.3, -0.25) is 4.90 Å². The van der Waals surface area contributed by atoms with Crippen LogP contribution in [-0.2, 0) is 4.74 Å². The van der Waals surface area contributed by atoms with Crippen LogP contribution in [-0.4, -0.2) is 36.6 Å². The summed E-state index contributed by atoms with van der Waals surface area (Å²) < 4.78 is 5.59. The minimum atomic E-state index is -0.178. The number of nitrogens with zero attached hydrogens (tertiary/aromatic N) is 1. The van der Waals surface area contributed by atoms with E-state index in [1.54, 1.807) is 0 Å². The van der Waals surface area contributed by atoms with Crippen molar-refractivity contribution in [1.29, 1.82) is 0 Å². The molecule has 0 N–H and O–H groups in total. The lowest BCUT2D eigenvalue weighted by Gasteiger charge is -2.44. The summed E-state index contributed by atoms with van der Waals surface area (Å²) in [4.78, 5) is 14.7. The molecule has 3 rings (SSSR count). The summed E-state index contributed by atoms with van der Waals surface area (Å²) in [5.74, 6) is 0.344. The molecule has 0 saturated carbocycles. The van der Waals surface area contributed by atoms with Gasteiger partial charge in [-0.25, -0.2) is 4.79 Å². The van der Waals surface area contributed by atoms with Crippen LogP contribution >= 0.6 is 0 Å². The maximum atomic E-state index is 12.1. The summed E-state index contributed by atoms with van der Waals surface area (Å²) in [7, 11) is 0. The molecular weight excluding hydrogens is 262 g/mol. The van der Waals surface area contributed by atoms with Gasteiger partial charge in [0.15, 0.2) is 0 Å². The molecule has 0 aliphatic carbocycles. The summed E-state index contributed by atoms with van der Waals surface area (Å²) >= 11 is 0. The number of fused-ring (bicyclic) bond motifs is 1. The molecule has 1 aromatic rings. The molecule has 3 nitrogen and oxygen atoms in total. The van der Waals surface area contributed by atoms with E-state index < -0.39 is 0 Å². The van der Waals surface area contributed by atoms with Gasteiger partial charge in [-0.1, -0.05) is 24.1 Å². The van der Waals surface area contributed by atoms with E-state index in [4.69, 9.17) is 4.74 Å². The minimum Gasteiger partial charge on any atom is -0.462 e. The fraction of sp³-hybridized carbons (Fsp3) is 0.611. The quantitative estimate of drug-likeness (QED) is 0.798. The Bertz CT molecular complexity index is 480. The van der Waals surface area contributed by atoms with Crippen LogP contribution in [0.5, 0.6) is 0 Å². The first-order chi connectivity index (χ1) is 10.2. The van der Waals surface area contributed by atoms with Crippen molar-refractivity contribution in [3.63, 3.8) is 0 Å². The monoisotopic (exact) mass is 287 g/mol. The van der Waals surface area contributed by atoms with Gasteiger partial charge in [-0.2, -0.15) is 0 Å². The molecule has 0 aromatic heterocycles. The second-order valence-corrected chi connectivity index (χ2v) is 6.47. The van der Waals surface area contributed by atoms with Crippen LogP contribution in [0.4, 0.5) is 0 Å². The van der Waals surface area contributed by atoms with Crippen LogP contribution in [0.25, 0.3) is 0 Å². The highest BCUT2D eigenvalue weighted by Crippen LogP contribution is 2.31. The topological polar surface area (TPSA) is 29.5 Å². The molecule has 0 unspecified atom stereocenters. The summed E-state index contributed by atoms with van der Waals surface area (Å²) in [6.07, 6.45) is 6.36. The largest absolute Gasteiger partial charge is 0.462 e. The number of hydrogen-bond donors (Lipinski definition) is 0. The lowest BCUT2D eigenvalue weighted by molar-refractivity contribution is 0.00739. The standard InChI is InChI=1S/C18H25NO2/c1-14-7-9-15(10-8-14)18(20)21-13-16-5-4-12-19-11-3-2-6-17(16)19/h7-10,16-17H,2-6,11-13H2,1H3/t16-,17-/m1/s1. The lowest BCUT2D eigenvalue weighted by Crippen LogP contribution is -2.49. The Morgan fingerprint density at radius 3 is 2.71 bits per heavy atom. The third-order valence-corrected chi connectivity index (χ3v) is 4.94. The molecule has 0 bridgehead atoms. The maximum absolute atomic E-state index is 12.1.